The number of aryl methyl sites for hydroxylation is 1. The topological polar surface area (TPSA) is 213 Å². The molecule has 0 aliphatic carbocycles. The number of alkyl halides is 3. The van der Waals surface area contributed by atoms with Gasteiger partial charge in [0.25, 0.3) is 5.91 Å². The molecule has 0 saturated carbocycles. The fourth-order valence-corrected chi connectivity index (χ4v) is 13.1. The fraction of sp³-hybridized carbons (Fsp3) is 0.444. The number of imide groups is 1. The molecule has 7 heterocycles. The molecule has 0 bridgehead atoms. The van der Waals surface area contributed by atoms with E-state index in [2.05, 4.69) is 45.3 Å². The molecule has 460 valence electrons. The van der Waals surface area contributed by atoms with Crippen molar-refractivity contribution in [2.45, 2.75) is 116 Å². The molecule has 0 spiro atoms. The van der Waals surface area contributed by atoms with Crippen molar-refractivity contribution in [1.82, 2.24) is 34.9 Å². The number of piperidine rings is 2. The highest BCUT2D eigenvalue weighted by Crippen LogP contribution is 2.43. The summed E-state index contributed by atoms with van der Waals surface area (Å²) in [5, 5.41) is 11.1. The number of carbonyl (C=O) groups excluding carboxylic acids is 5. The fourth-order valence-electron chi connectivity index (χ4n) is 11.4. The van der Waals surface area contributed by atoms with Gasteiger partial charge in [-0.2, -0.15) is 18.3 Å². The predicted octanol–water partition coefficient (Wildman–Crippen LogP) is 11.2. The number of thiazole rings is 1. The quantitative estimate of drug-likeness (QED) is 0.0239. The van der Waals surface area contributed by atoms with E-state index in [-0.39, 0.29) is 72.9 Å². The first kappa shape index (κ1) is 62.3. The number of ether oxygens (including phenoxy) is 4. The summed E-state index contributed by atoms with van der Waals surface area (Å²) in [5.74, 6) is -1.77. The number of carbonyl (C=O) groups is 5. The summed E-state index contributed by atoms with van der Waals surface area (Å²) in [4.78, 5) is 86.5. The molecule has 2 saturated heterocycles. The average molecular weight is 1230 g/mol. The molecular weight excluding hydrogens is 1160 g/mol. The number of nitrogens with zero attached hydrogens (tertiary/aromatic N) is 8. The van der Waals surface area contributed by atoms with Crippen molar-refractivity contribution >= 4 is 86.8 Å². The van der Waals surface area contributed by atoms with Gasteiger partial charge in [-0.05, 0) is 150 Å². The molecule has 1 unspecified atom stereocenters. The number of benzene rings is 3. The summed E-state index contributed by atoms with van der Waals surface area (Å²) >= 11 is 1.38. The Labute approximate surface area is 507 Å². The largest absolute Gasteiger partial charge is 0.494 e. The van der Waals surface area contributed by atoms with E-state index in [1.165, 1.54) is 41.5 Å². The number of rotatable bonds is 20. The highest BCUT2D eigenvalue weighted by atomic mass is 32.1. The molecule has 10 rings (SSSR count). The number of pyridine rings is 2. The van der Waals surface area contributed by atoms with Gasteiger partial charge in [0.2, 0.25) is 17.7 Å². The summed E-state index contributed by atoms with van der Waals surface area (Å²) in [5.41, 5.74) is 1.46. The monoisotopic (exact) mass is 1230 g/mol. The Bertz CT molecular complexity index is 3710. The molecule has 7 aromatic rings. The van der Waals surface area contributed by atoms with Crippen molar-refractivity contribution in [2.24, 2.45) is 13.0 Å². The van der Waals surface area contributed by atoms with Crippen LogP contribution in [0.4, 0.5) is 29.8 Å². The molecule has 3 aliphatic heterocycles. The number of hydrogen-bond acceptors (Lipinski definition) is 16. The van der Waals surface area contributed by atoms with Crippen LogP contribution in [0, 0.1) is 5.92 Å². The van der Waals surface area contributed by atoms with Gasteiger partial charge < -0.3 is 29.2 Å². The second-order valence-corrected chi connectivity index (χ2v) is 31.2. The van der Waals surface area contributed by atoms with Gasteiger partial charge in [0.1, 0.15) is 35.1 Å². The summed E-state index contributed by atoms with van der Waals surface area (Å²) < 4.78 is 71.9. The maximum Gasteiger partial charge on any atom is 0.417 e. The van der Waals surface area contributed by atoms with E-state index < -0.39 is 49.1 Å². The van der Waals surface area contributed by atoms with Crippen molar-refractivity contribution < 1.29 is 56.1 Å². The van der Waals surface area contributed by atoms with Gasteiger partial charge in [-0.1, -0.05) is 49.2 Å². The van der Waals surface area contributed by atoms with Crippen LogP contribution < -0.4 is 29.9 Å². The first-order valence-corrected chi connectivity index (χ1v) is 33.9. The molecule has 19 nitrogen and oxygen atoms in total. The number of esters is 1. The molecular formula is C63H73F3N10O9SSi. The van der Waals surface area contributed by atoms with E-state index in [1.807, 2.05) is 35.2 Å². The number of methoxy groups -OCH3 is 1. The number of fused-ring (bicyclic) bond motifs is 3. The minimum atomic E-state index is -4.85. The van der Waals surface area contributed by atoms with Crippen LogP contribution >= 0.6 is 11.3 Å². The number of anilines is 3. The van der Waals surface area contributed by atoms with Crippen LogP contribution in [0.5, 0.6) is 11.5 Å². The van der Waals surface area contributed by atoms with Crippen LogP contribution in [0.25, 0.3) is 32.2 Å². The first-order valence-electron chi connectivity index (χ1n) is 29.4. The lowest BCUT2D eigenvalue weighted by Crippen LogP contribution is -2.39. The Kier molecular flexibility index (Phi) is 18.5. The maximum atomic E-state index is 15.2. The van der Waals surface area contributed by atoms with Gasteiger partial charge in [0.05, 0.1) is 53.3 Å². The summed E-state index contributed by atoms with van der Waals surface area (Å²) in [6.45, 7) is 14.5. The number of amides is 4. The zero-order valence-corrected chi connectivity index (χ0v) is 52.1. The van der Waals surface area contributed by atoms with Gasteiger partial charge in [-0.15, -0.1) is 0 Å². The second kappa shape index (κ2) is 25.9. The lowest BCUT2D eigenvalue weighted by molar-refractivity contribution is -0.137. The third-order valence-electron chi connectivity index (χ3n) is 15.9. The molecule has 0 radical (unpaired) electrons. The zero-order valence-electron chi connectivity index (χ0n) is 50.3. The number of para-hydroxylation sites is 1. The normalized spacial score (nSPS) is 16.2. The molecule has 1 atom stereocenters. The van der Waals surface area contributed by atoms with E-state index in [9.17, 15) is 24.0 Å². The second-order valence-electron chi connectivity index (χ2n) is 24.6. The third-order valence-corrected chi connectivity index (χ3v) is 18.6. The van der Waals surface area contributed by atoms with Gasteiger partial charge in [-0.3, -0.25) is 44.0 Å². The minimum Gasteiger partial charge on any atom is -0.494 e. The number of halogens is 3. The number of likely N-dealkylation sites (tertiary alicyclic amines) is 1. The first-order chi connectivity index (χ1) is 41.4. The van der Waals surface area contributed by atoms with E-state index in [0.29, 0.717) is 96.0 Å². The minimum absolute atomic E-state index is 0.0232. The summed E-state index contributed by atoms with van der Waals surface area (Å²) in [7, 11) is 1.79. The van der Waals surface area contributed by atoms with Gasteiger partial charge in [-0.25, -0.2) is 14.8 Å². The van der Waals surface area contributed by atoms with Crippen LogP contribution in [0.3, 0.4) is 0 Å². The maximum absolute atomic E-state index is 15.2. The molecule has 87 heavy (non-hydrogen) atoms. The van der Waals surface area contributed by atoms with Gasteiger partial charge in [0, 0.05) is 63.9 Å². The molecule has 2 N–H and O–H groups in total. The SMILES string of the molecule is COc1c(NC(=O)CN2CCC(CCCOc3ccc(-c4ccc(N5CCc6ccnc(C(=O)N(COCC[Si](C)(C)C)c7nc8ccccc8s7)c6C5)nc4C(=O)OC(C)(C)C)c(C(F)(F)F)c3)CC2)ccc2c(C3CCC(=O)NC3=O)nn(C)c12. The lowest BCUT2D eigenvalue weighted by Gasteiger charge is -2.32. The van der Waals surface area contributed by atoms with E-state index in [4.69, 9.17) is 28.9 Å². The third kappa shape index (κ3) is 14.6. The van der Waals surface area contributed by atoms with Crippen LogP contribution in [-0.4, -0.2) is 126 Å². The average Bonchev–Trinajstić information content (AvgIpc) is 2.01. The molecule has 24 heteroatoms. The van der Waals surface area contributed by atoms with Crippen molar-refractivity contribution in [3.63, 3.8) is 0 Å². The van der Waals surface area contributed by atoms with Gasteiger partial charge in [0.15, 0.2) is 16.6 Å². The standard InChI is InChI=1S/C63H73F3N10O9SSi/c1-62(2,3)85-60(81)55-42(18-21-50(70-55)75-30-26-39-23-27-67-54(45(39)35-75)59(80)76(37-83-32-33-87(6,7)8)61-69-47-13-9-10-14-49(47)86-61)41-16-15-40(34-46(41)63(64,65)66)84-31-11-12-38-24-28-74(29-25-38)36-52(78)68-48-20-17-43-53(44-19-22-51(77)71-58(44)79)72-73(4)56(43)57(48)82-5/h9-10,13-18,20-21,23,27,34,38,44H,11-12,19,22,24-26,28-33,35-37H2,1-8H3,(H,68,78)(H,71,77,79). The van der Waals surface area contributed by atoms with Crippen LogP contribution in [0.15, 0.2) is 79.0 Å². The molecule has 2 fully saturated rings. The summed E-state index contributed by atoms with van der Waals surface area (Å²) in [6.07, 6.45) is 0.816. The predicted molar refractivity (Wildman–Crippen MR) is 329 cm³/mol. The van der Waals surface area contributed by atoms with E-state index in [1.54, 1.807) is 56.9 Å². The van der Waals surface area contributed by atoms with Crippen LogP contribution in [0.2, 0.25) is 25.7 Å². The van der Waals surface area contributed by atoms with Crippen molar-refractivity contribution in [3.05, 3.63) is 113 Å². The Morgan fingerprint density at radius 2 is 1.67 bits per heavy atom. The van der Waals surface area contributed by atoms with Crippen LogP contribution in [-0.2, 0) is 50.0 Å². The number of hydrogen-bond donors (Lipinski definition) is 2. The zero-order chi connectivity index (χ0) is 62.0. The van der Waals surface area contributed by atoms with Gasteiger partial charge >= 0.3 is 12.1 Å². The van der Waals surface area contributed by atoms with E-state index >= 15 is 13.2 Å². The number of aromatic nitrogens is 5. The molecule has 4 aromatic heterocycles. The number of nitrogens with one attached hydrogen (secondary N) is 2. The van der Waals surface area contributed by atoms with E-state index in [0.717, 1.165) is 47.2 Å². The van der Waals surface area contributed by atoms with Crippen molar-refractivity contribution in [1.29, 1.82) is 0 Å². The summed E-state index contributed by atoms with van der Waals surface area (Å²) in [6, 6.07) is 20.7. The Hall–Kier alpha value is -7.80. The highest BCUT2D eigenvalue weighted by molar-refractivity contribution is 7.22. The Morgan fingerprint density at radius 3 is 2.39 bits per heavy atom. The van der Waals surface area contributed by atoms with Crippen molar-refractivity contribution in [3.8, 4) is 22.6 Å². The van der Waals surface area contributed by atoms with Crippen molar-refractivity contribution in [2.75, 3.05) is 68.4 Å². The lowest BCUT2D eigenvalue weighted by atomic mass is 9.92. The smallest absolute Gasteiger partial charge is 0.417 e. The molecule has 4 amide bonds. The highest BCUT2D eigenvalue weighted by Gasteiger charge is 2.38. The molecule has 3 aliphatic rings. The Morgan fingerprint density at radius 1 is 0.897 bits per heavy atom. The molecule has 3 aromatic carbocycles. The van der Waals surface area contributed by atoms with Crippen LogP contribution in [0.1, 0.15) is 109 Å². The Balaban J connectivity index is 0.783.